The van der Waals surface area contributed by atoms with Gasteiger partial charge in [0.1, 0.15) is 11.5 Å². The van der Waals surface area contributed by atoms with Crippen LogP contribution in [0.3, 0.4) is 0 Å². The molecule has 138 valence electrons. The average Bonchev–Trinajstić information content (AvgIpc) is 2.58. The Morgan fingerprint density at radius 2 is 1.35 bits per heavy atom. The van der Waals surface area contributed by atoms with E-state index in [9.17, 15) is 9.59 Å². The van der Waals surface area contributed by atoms with Gasteiger partial charge in [0.15, 0.2) is 13.2 Å². The summed E-state index contributed by atoms with van der Waals surface area (Å²) in [6.07, 6.45) is 0. The third-order valence-electron chi connectivity index (χ3n) is 2.85. The van der Waals surface area contributed by atoms with E-state index >= 15 is 0 Å². The first-order valence-corrected chi connectivity index (χ1v) is 9.84. The fourth-order valence-corrected chi connectivity index (χ4v) is 3.64. The van der Waals surface area contributed by atoms with Crippen LogP contribution in [0.4, 0.5) is 0 Å². The SMILES string of the molecule is O=C(COc1ccc(Cl)cc1Br)NNC(=O)COc1ccc(Br)cc1Br. The largest absolute Gasteiger partial charge is 0.483 e. The molecule has 0 aromatic heterocycles. The molecule has 0 aliphatic heterocycles. The number of ether oxygens (including phenoxy) is 2. The zero-order valence-electron chi connectivity index (χ0n) is 13.0. The van der Waals surface area contributed by atoms with Crippen molar-refractivity contribution in [2.45, 2.75) is 0 Å². The minimum Gasteiger partial charge on any atom is -0.483 e. The van der Waals surface area contributed by atoms with Crippen LogP contribution in [0.5, 0.6) is 11.5 Å². The number of halogens is 4. The molecule has 2 N–H and O–H groups in total. The van der Waals surface area contributed by atoms with Crippen LogP contribution >= 0.6 is 59.4 Å². The highest BCUT2D eigenvalue weighted by Gasteiger charge is 2.09. The molecule has 26 heavy (non-hydrogen) atoms. The summed E-state index contributed by atoms with van der Waals surface area (Å²) in [5, 5.41) is 0.540. The maximum absolute atomic E-state index is 11.7. The molecule has 0 fully saturated rings. The van der Waals surface area contributed by atoms with E-state index in [-0.39, 0.29) is 13.2 Å². The molecule has 0 spiro atoms. The predicted octanol–water partition coefficient (Wildman–Crippen LogP) is 4.23. The van der Waals surface area contributed by atoms with Gasteiger partial charge in [-0.3, -0.25) is 20.4 Å². The molecule has 0 aliphatic carbocycles. The van der Waals surface area contributed by atoms with Crippen molar-refractivity contribution in [2.75, 3.05) is 13.2 Å². The lowest BCUT2D eigenvalue weighted by molar-refractivity contribution is -0.131. The molecule has 2 aromatic rings. The van der Waals surface area contributed by atoms with E-state index in [1.807, 2.05) is 0 Å². The molecule has 0 aliphatic rings. The Morgan fingerprint density at radius 1 is 0.846 bits per heavy atom. The second kappa shape index (κ2) is 10.1. The second-order valence-corrected chi connectivity index (χ2v) is 7.88. The molecule has 0 radical (unpaired) electrons. The molecule has 2 amide bonds. The normalized spacial score (nSPS) is 10.2. The van der Waals surface area contributed by atoms with Crippen molar-refractivity contribution in [1.82, 2.24) is 10.9 Å². The Labute approximate surface area is 179 Å². The second-order valence-electron chi connectivity index (χ2n) is 4.82. The first-order valence-electron chi connectivity index (χ1n) is 7.08. The van der Waals surface area contributed by atoms with Gasteiger partial charge in [-0.05, 0) is 68.3 Å². The highest BCUT2D eigenvalue weighted by molar-refractivity contribution is 9.11. The van der Waals surface area contributed by atoms with E-state index in [4.69, 9.17) is 21.1 Å². The number of carbonyl (C=O) groups excluding carboxylic acids is 2. The number of nitrogens with one attached hydrogen (secondary N) is 2. The summed E-state index contributed by atoms with van der Waals surface area (Å²) in [7, 11) is 0. The van der Waals surface area contributed by atoms with Crippen LogP contribution in [-0.2, 0) is 9.59 Å². The van der Waals surface area contributed by atoms with Gasteiger partial charge in [0.05, 0.1) is 8.95 Å². The van der Waals surface area contributed by atoms with E-state index in [2.05, 4.69) is 58.6 Å². The summed E-state index contributed by atoms with van der Waals surface area (Å²) >= 11 is 15.8. The fraction of sp³-hybridized carbons (Fsp3) is 0.125. The fourth-order valence-electron chi connectivity index (χ4n) is 1.68. The van der Waals surface area contributed by atoms with Crippen LogP contribution in [-0.4, -0.2) is 25.0 Å². The molecule has 0 unspecified atom stereocenters. The van der Waals surface area contributed by atoms with Crippen molar-refractivity contribution in [2.24, 2.45) is 0 Å². The van der Waals surface area contributed by atoms with E-state index < -0.39 is 11.8 Å². The van der Waals surface area contributed by atoms with Gasteiger partial charge in [0.2, 0.25) is 0 Å². The van der Waals surface area contributed by atoms with Crippen molar-refractivity contribution >= 4 is 71.2 Å². The zero-order valence-corrected chi connectivity index (χ0v) is 18.5. The molecule has 2 aromatic carbocycles. The number of benzene rings is 2. The Kier molecular flexibility index (Phi) is 8.20. The highest BCUT2D eigenvalue weighted by atomic mass is 79.9. The molecule has 10 heteroatoms. The summed E-state index contributed by atoms with van der Waals surface area (Å²) in [5.74, 6) is -0.0734. The molecule has 6 nitrogen and oxygen atoms in total. The Bertz CT molecular complexity index is 753. The number of hydrazine groups is 1. The first-order chi connectivity index (χ1) is 12.3. The summed E-state index contributed by atoms with van der Waals surface area (Å²) in [4.78, 5) is 23.4. The molecule has 0 saturated heterocycles. The lowest BCUT2D eigenvalue weighted by Gasteiger charge is -2.11. The Hall–Kier alpha value is -1.29. The van der Waals surface area contributed by atoms with E-state index in [1.54, 1.807) is 36.4 Å². The minimum absolute atomic E-state index is 0.260. The molecule has 0 atom stereocenters. The minimum atomic E-state index is -0.523. The summed E-state index contributed by atoms with van der Waals surface area (Å²) in [6, 6.07) is 10.2. The average molecular weight is 571 g/mol. The van der Waals surface area contributed by atoms with Crippen molar-refractivity contribution in [1.29, 1.82) is 0 Å². The van der Waals surface area contributed by atoms with Gasteiger partial charge in [-0.15, -0.1) is 0 Å². The Morgan fingerprint density at radius 3 is 1.85 bits per heavy atom. The van der Waals surface area contributed by atoms with Crippen molar-refractivity contribution in [3.8, 4) is 11.5 Å². The molecule has 0 saturated carbocycles. The van der Waals surface area contributed by atoms with Crippen molar-refractivity contribution in [3.05, 3.63) is 54.8 Å². The van der Waals surface area contributed by atoms with E-state index in [0.29, 0.717) is 25.5 Å². The third-order valence-corrected chi connectivity index (χ3v) is 4.81. The predicted molar refractivity (Wildman–Crippen MR) is 108 cm³/mol. The smallest absolute Gasteiger partial charge is 0.276 e. The van der Waals surface area contributed by atoms with Gasteiger partial charge in [-0.25, -0.2) is 0 Å². The van der Waals surface area contributed by atoms with Crippen molar-refractivity contribution < 1.29 is 19.1 Å². The third kappa shape index (κ3) is 6.79. The van der Waals surface area contributed by atoms with Gasteiger partial charge >= 0.3 is 0 Å². The zero-order chi connectivity index (χ0) is 19.1. The van der Waals surface area contributed by atoms with Crippen LogP contribution < -0.4 is 20.3 Å². The van der Waals surface area contributed by atoms with Crippen LogP contribution in [0.2, 0.25) is 5.02 Å². The van der Waals surface area contributed by atoms with Gasteiger partial charge in [-0.2, -0.15) is 0 Å². The monoisotopic (exact) mass is 568 g/mol. The standard InChI is InChI=1S/C16H12Br3ClN2O4/c17-9-1-3-13(11(18)5-9)25-7-15(23)21-22-16(24)8-26-14-4-2-10(20)6-12(14)19/h1-6H,7-8H2,(H,21,23)(H,22,24). The van der Waals surface area contributed by atoms with Gasteiger partial charge in [0, 0.05) is 9.50 Å². The number of rotatable bonds is 6. The highest BCUT2D eigenvalue weighted by Crippen LogP contribution is 2.28. The van der Waals surface area contributed by atoms with Gasteiger partial charge in [0.25, 0.3) is 11.8 Å². The van der Waals surface area contributed by atoms with Crippen LogP contribution in [0.25, 0.3) is 0 Å². The molecule has 2 rings (SSSR count). The van der Waals surface area contributed by atoms with Gasteiger partial charge < -0.3 is 9.47 Å². The first kappa shape index (κ1) is 21.0. The van der Waals surface area contributed by atoms with Gasteiger partial charge in [-0.1, -0.05) is 27.5 Å². The molecule has 0 heterocycles. The summed E-state index contributed by atoms with van der Waals surface area (Å²) in [6.45, 7) is -0.538. The molecular formula is C16H12Br3ClN2O4. The van der Waals surface area contributed by atoms with Crippen LogP contribution in [0.15, 0.2) is 49.8 Å². The number of hydrogen-bond acceptors (Lipinski definition) is 4. The lowest BCUT2D eigenvalue weighted by atomic mass is 10.3. The van der Waals surface area contributed by atoms with Crippen molar-refractivity contribution in [3.63, 3.8) is 0 Å². The lowest BCUT2D eigenvalue weighted by Crippen LogP contribution is -2.45. The topological polar surface area (TPSA) is 76.7 Å². The van der Waals surface area contributed by atoms with E-state index in [0.717, 1.165) is 4.47 Å². The van der Waals surface area contributed by atoms with Crippen LogP contribution in [0.1, 0.15) is 0 Å². The number of amides is 2. The number of carbonyl (C=O) groups is 2. The van der Waals surface area contributed by atoms with E-state index in [1.165, 1.54) is 0 Å². The summed E-state index contributed by atoms with van der Waals surface area (Å²) in [5.41, 5.74) is 4.48. The summed E-state index contributed by atoms with van der Waals surface area (Å²) < 4.78 is 12.9. The maximum Gasteiger partial charge on any atom is 0.276 e. The maximum atomic E-state index is 11.7. The van der Waals surface area contributed by atoms with Crippen LogP contribution in [0, 0.1) is 0 Å². The quantitative estimate of drug-likeness (QED) is 0.509. The number of hydrogen-bond donors (Lipinski definition) is 2. The Balaban J connectivity index is 1.72. The molecule has 0 bridgehead atoms. The molecular weight excluding hydrogens is 559 g/mol.